The molecule has 8 nitrogen and oxygen atoms in total. The predicted octanol–water partition coefficient (Wildman–Crippen LogP) is 1.47. The summed E-state index contributed by atoms with van der Waals surface area (Å²) < 4.78 is 4.72. The van der Waals surface area contributed by atoms with Gasteiger partial charge in [-0.2, -0.15) is 5.26 Å². The minimum atomic E-state index is -0.733. The molecule has 0 radical (unpaired) electrons. The van der Waals surface area contributed by atoms with Crippen molar-refractivity contribution in [2.24, 2.45) is 5.73 Å². The molecule has 2 aliphatic heterocycles. The van der Waals surface area contributed by atoms with Crippen molar-refractivity contribution in [1.82, 2.24) is 9.80 Å². The third kappa shape index (κ3) is 3.08. The van der Waals surface area contributed by atoms with Crippen molar-refractivity contribution in [3.05, 3.63) is 55.4 Å². The second-order valence-corrected chi connectivity index (χ2v) is 8.06. The molecule has 0 aliphatic carbocycles. The van der Waals surface area contributed by atoms with E-state index in [1.54, 1.807) is 26.2 Å². The topological polar surface area (TPSA) is 117 Å². The number of carbonyl (C=O) groups is 3. The van der Waals surface area contributed by atoms with Crippen molar-refractivity contribution < 1.29 is 19.1 Å². The summed E-state index contributed by atoms with van der Waals surface area (Å²) in [5, 5.41) is 11.8. The summed E-state index contributed by atoms with van der Waals surface area (Å²) in [5.41, 5.74) is 6.50. The van der Waals surface area contributed by atoms with Gasteiger partial charge in [0.05, 0.1) is 35.3 Å². The highest BCUT2D eigenvalue weighted by atomic mass is 32.2. The second kappa shape index (κ2) is 7.53. The smallest absolute Gasteiger partial charge is 0.344 e. The van der Waals surface area contributed by atoms with Crippen molar-refractivity contribution in [3.8, 4) is 6.07 Å². The van der Waals surface area contributed by atoms with E-state index in [0.717, 1.165) is 27.6 Å². The lowest BCUT2D eigenvalue weighted by atomic mass is 9.86. The van der Waals surface area contributed by atoms with Crippen LogP contribution in [0.4, 0.5) is 0 Å². The molecule has 3 heterocycles. The summed E-state index contributed by atoms with van der Waals surface area (Å²) >= 11 is 2.30. The minimum Gasteiger partial charge on any atom is -0.465 e. The Bertz CT molecular complexity index is 999. The van der Waals surface area contributed by atoms with Crippen LogP contribution in [0.5, 0.6) is 0 Å². The van der Waals surface area contributed by atoms with Crippen LogP contribution in [-0.2, 0) is 19.1 Å². The van der Waals surface area contributed by atoms with Crippen molar-refractivity contribution in [3.63, 3.8) is 0 Å². The number of ether oxygens (including phenoxy) is 1. The fourth-order valence-corrected chi connectivity index (χ4v) is 4.89. The van der Waals surface area contributed by atoms with Gasteiger partial charge in [0.25, 0.3) is 11.8 Å². The number of amides is 2. The van der Waals surface area contributed by atoms with Crippen LogP contribution < -0.4 is 5.73 Å². The molecule has 1 aromatic heterocycles. The third-order valence-electron chi connectivity index (χ3n) is 4.18. The zero-order chi connectivity index (χ0) is 20.6. The minimum absolute atomic E-state index is 0.0425. The molecule has 0 aromatic carbocycles. The van der Waals surface area contributed by atoms with Crippen molar-refractivity contribution >= 4 is 40.9 Å². The summed E-state index contributed by atoms with van der Waals surface area (Å²) in [6.45, 7) is 0. The summed E-state index contributed by atoms with van der Waals surface area (Å²) in [6.07, 6.45) is 1.09. The van der Waals surface area contributed by atoms with E-state index in [2.05, 4.69) is 6.07 Å². The van der Waals surface area contributed by atoms with E-state index >= 15 is 0 Å². The van der Waals surface area contributed by atoms with E-state index in [9.17, 15) is 19.6 Å². The number of nitrogens with zero attached hydrogens (tertiary/aromatic N) is 3. The number of nitriles is 1. The highest BCUT2D eigenvalue weighted by molar-refractivity contribution is 8.07. The molecule has 3 rings (SSSR count). The highest BCUT2D eigenvalue weighted by Crippen LogP contribution is 2.48. The number of nitrogens with two attached hydrogens (primary N) is 1. The molecule has 144 valence electrons. The molecule has 10 heteroatoms. The van der Waals surface area contributed by atoms with Gasteiger partial charge in [0.1, 0.15) is 10.7 Å². The number of hydrogen-bond donors (Lipinski definition) is 1. The van der Waals surface area contributed by atoms with E-state index in [4.69, 9.17) is 10.5 Å². The molecule has 0 saturated carbocycles. The average molecular weight is 416 g/mol. The molecular weight excluding hydrogens is 400 g/mol. The van der Waals surface area contributed by atoms with Gasteiger partial charge in [-0.15, -0.1) is 11.3 Å². The molecule has 1 atom stereocenters. The van der Waals surface area contributed by atoms with Gasteiger partial charge in [0.2, 0.25) is 0 Å². The number of rotatable bonds is 3. The zero-order valence-corrected chi connectivity index (χ0v) is 16.9. The molecule has 0 unspecified atom stereocenters. The number of fused-ring (bicyclic) bond motifs is 1. The number of thiophene rings is 1. The maximum absolute atomic E-state index is 13.1. The van der Waals surface area contributed by atoms with E-state index in [0.29, 0.717) is 0 Å². The SMILES string of the molecule is COC(=O)C1=CC(=O)N2C(N)=C(C#N)[C@@H](c3cccs3)C(C(=O)N(C)C)=C2S1. The van der Waals surface area contributed by atoms with Crippen LogP contribution in [-0.4, -0.2) is 48.8 Å². The first-order valence-electron chi connectivity index (χ1n) is 8.02. The number of carbonyl (C=O) groups excluding carboxylic acids is 3. The van der Waals surface area contributed by atoms with Gasteiger partial charge >= 0.3 is 5.97 Å². The van der Waals surface area contributed by atoms with Gasteiger partial charge in [-0.05, 0) is 11.4 Å². The first kappa shape index (κ1) is 19.7. The number of likely N-dealkylation sites (N-methyl/N-ethyl adjacent to an activating group) is 1. The number of hydrogen-bond acceptors (Lipinski definition) is 8. The average Bonchev–Trinajstić information content (AvgIpc) is 3.20. The molecule has 2 amide bonds. The van der Waals surface area contributed by atoms with Crippen LogP contribution in [0.1, 0.15) is 10.8 Å². The molecule has 28 heavy (non-hydrogen) atoms. The molecule has 1 aromatic rings. The van der Waals surface area contributed by atoms with Crippen LogP contribution in [0.15, 0.2) is 50.5 Å². The van der Waals surface area contributed by atoms with Crippen LogP contribution in [0.2, 0.25) is 0 Å². The summed E-state index contributed by atoms with van der Waals surface area (Å²) in [6, 6.07) is 5.66. The number of methoxy groups -OCH3 is 1. The van der Waals surface area contributed by atoms with E-state index in [-0.39, 0.29) is 32.8 Å². The van der Waals surface area contributed by atoms with Gasteiger partial charge in [0, 0.05) is 25.0 Å². The van der Waals surface area contributed by atoms with Crippen LogP contribution >= 0.6 is 23.1 Å². The Kier molecular flexibility index (Phi) is 5.31. The van der Waals surface area contributed by atoms with E-state index in [1.165, 1.54) is 23.3 Å². The fraction of sp³-hybridized carbons (Fsp3) is 0.222. The quantitative estimate of drug-likeness (QED) is 0.742. The Balaban J connectivity index is 2.31. The maximum atomic E-state index is 13.1. The fourth-order valence-electron chi connectivity index (χ4n) is 2.91. The van der Waals surface area contributed by atoms with E-state index < -0.39 is 17.8 Å². The van der Waals surface area contributed by atoms with Gasteiger partial charge in [-0.1, -0.05) is 17.8 Å². The van der Waals surface area contributed by atoms with Crippen molar-refractivity contribution in [2.45, 2.75) is 5.92 Å². The summed E-state index contributed by atoms with van der Waals surface area (Å²) in [7, 11) is 4.36. The molecule has 2 aliphatic rings. The van der Waals surface area contributed by atoms with Gasteiger partial charge in [-0.25, -0.2) is 4.79 Å². The van der Waals surface area contributed by atoms with Crippen LogP contribution in [0.25, 0.3) is 0 Å². The summed E-state index contributed by atoms with van der Waals surface area (Å²) in [4.78, 5) is 41.1. The monoisotopic (exact) mass is 416 g/mol. The van der Waals surface area contributed by atoms with Crippen LogP contribution in [0, 0.1) is 11.3 Å². The lowest BCUT2D eigenvalue weighted by Gasteiger charge is -2.37. The zero-order valence-electron chi connectivity index (χ0n) is 15.3. The standard InChI is InChI=1S/C18H16N4O4S2/c1-21(2)16(24)14-13(10-5-4-6-27-10)9(8-19)15(20)22-12(23)7-11(18(25)26-3)28-17(14)22/h4-7,13H,20H2,1-3H3/t13-/m0/s1. The van der Waals surface area contributed by atoms with E-state index in [1.807, 2.05) is 5.38 Å². The molecular formula is C18H16N4O4S2. The van der Waals surface area contributed by atoms with Gasteiger partial charge in [-0.3, -0.25) is 14.5 Å². The Hall–Kier alpha value is -3.03. The molecule has 0 saturated heterocycles. The third-order valence-corrected chi connectivity index (χ3v) is 6.22. The maximum Gasteiger partial charge on any atom is 0.344 e. The number of esters is 1. The van der Waals surface area contributed by atoms with Gasteiger partial charge < -0.3 is 15.4 Å². The predicted molar refractivity (Wildman–Crippen MR) is 104 cm³/mol. The first-order valence-corrected chi connectivity index (χ1v) is 9.72. The van der Waals surface area contributed by atoms with Crippen LogP contribution in [0.3, 0.4) is 0 Å². The highest BCUT2D eigenvalue weighted by Gasteiger charge is 2.44. The Morgan fingerprint density at radius 3 is 2.64 bits per heavy atom. The number of allylic oxidation sites excluding steroid dienone is 1. The molecule has 0 bridgehead atoms. The van der Waals surface area contributed by atoms with Crippen molar-refractivity contribution in [1.29, 1.82) is 5.26 Å². The Morgan fingerprint density at radius 2 is 2.11 bits per heavy atom. The molecule has 0 fully saturated rings. The molecule has 0 spiro atoms. The van der Waals surface area contributed by atoms with Crippen molar-refractivity contribution in [2.75, 3.05) is 21.2 Å². The number of thioether (sulfide) groups is 1. The second-order valence-electron chi connectivity index (χ2n) is 6.05. The largest absolute Gasteiger partial charge is 0.465 e. The Morgan fingerprint density at radius 1 is 1.39 bits per heavy atom. The lowest BCUT2D eigenvalue weighted by molar-refractivity contribution is -0.135. The first-order chi connectivity index (χ1) is 13.3. The molecule has 2 N–H and O–H groups in total. The van der Waals surface area contributed by atoms with Gasteiger partial charge in [0.15, 0.2) is 0 Å². The summed E-state index contributed by atoms with van der Waals surface area (Å²) in [5.74, 6) is -2.48. The lowest BCUT2D eigenvalue weighted by Crippen LogP contribution is -2.42. The normalized spacial score (nSPS) is 19.1. The Labute approximate surface area is 169 Å².